The summed E-state index contributed by atoms with van der Waals surface area (Å²) in [7, 11) is 0. The standard InChI is InChI=1S/C54H101NO7S/c1-8-42-60-54(59)50(55-51(56)39-33-27-21-15-9-12-18-24-30-36-46(2)3)45-63-44-49(62-53(58)41-35-29-23-17-11-14-20-26-32-38-48(6)7)43-61-52(57)40-34-28-22-16-10-13-19-25-31-37-47(4)5/h8,46-50H,1,9-45H2,2-7H3,(H,55,56)/t49-,50+/m1/s1. The molecule has 9 heteroatoms. The molecule has 0 spiro atoms. The smallest absolute Gasteiger partial charge is 0.329 e. The van der Waals surface area contributed by atoms with E-state index in [1.165, 1.54) is 153 Å². The second kappa shape index (κ2) is 45.1. The molecule has 1 N–H and O–H groups in total. The van der Waals surface area contributed by atoms with Crippen LogP contribution in [0.4, 0.5) is 0 Å². The fraction of sp³-hybridized carbons (Fsp3) is 0.889. The molecule has 63 heavy (non-hydrogen) atoms. The van der Waals surface area contributed by atoms with Crippen LogP contribution >= 0.6 is 11.8 Å². The van der Waals surface area contributed by atoms with Gasteiger partial charge in [0.2, 0.25) is 5.91 Å². The van der Waals surface area contributed by atoms with Crippen molar-refractivity contribution in [1.29, 1.82) is 0 Å². The molecule has 0 aromatic heterocycles. The van der Waals surface area contributed by atoms with E-state index >= 15 is 0 Å². The first-order chi connectivity index (χ1) is 30.4. The van der Waals surface area contributed by atoms with Crippen molar-refractivity contribution in [2.75, 3.05) is 24.7 Å². The molecule has 8 nitrogen and oxygen atoms in total. The summed E-state index contributed by atoms with van der Waals surface area (Å²) in [5, 5.41) is 2.89. The van der Waals surface area contributed by atoms with Crippen LogP contribution in [0.2, 0.25) is 0 Å². The lowest BCUT2D eigenvalue weighted by molar-refractivity contribution is -0.157. The van der Waals surface area contributed by atoms with E-state index in [9.17, 15) is 19.2 Å². The van der Waals surface area contributed by atoms with E-state index in [4.69, 9.17) is 14.2 Å². The van der Waals surface area contributed by atoms with Crippen molar-refractivity contribution in [1.82, 2.24) is 5.32 Å². The van der Waals surface area contributed by atoms with Crippen LogP contribution in [0.1, 0.15) is 253 Å². The third-order valence-electron chi connectivity index (χ3n) is 11.8. The van der Waals surface area contributed by atoms with E-state index in [-0.39, 0.29) is 36.8 Å². The highest BCUT2D eigenvalue weighted by Crippen LogP contribution is 2.18. The quantitative estimate of drug-likeness (QED) is 0.0278. The second-order valence-electron chi connectivity index (χ2n) is 19.7. The Kier molecular flexibility index (Phi) is 43.7. The van der Waals surface area contributed by atoms with Gasteiger partial charge in [0, 0.05) is 30.8 Å². The van der Waals surface area contributed by atoms with E-state index in [2.05, 4.69) is 53.4 Å². The molecular weight excluding hydrogens is 807 g/mol. The predicted molar refractivity (Wildman–Crippen MR) is 268 cm³/mol. The summed E-state index contributed by atoms with van der Waals surface area (Å²) < 4.78 is 16.9. The molecule has 0 radical (unpaired) electrons. The Morgan fingerprint density at radius 1 is 0.476 bits per heavy atom. The number of thioether (sulfide) groups is 1. The van der Waals surface area contributed by atoms with Crippen LogP contribution in [0.3, 0.4) is 0 Å². The molecule has 0 fully saturated rings. The van der Waals surface area contributed by atoms with Gasteiger partial charge in [0.05, 0.1) is 0 Å². The van der Waals surface area contributed by atoms with Crippen molar-refractivity contribution in [3.63, 3.8) is 0 Å². The zero-order chi connectivity index (χ0) is 46.6. The lowest BCUT2D eigenvalue weighted by Crippen LogP contribution is -2.44. The van der Waals surface area contributed by atoms with Crippen LogP contribution in [-0.4, -0.2) is 60.7 Å². The topological polar surface area (TPSA) is 108 Å². The van der Waals surface area contributed by atoms with Crippen molar-refractivity contribution in [3.8, 4) is 0 Å². The first kappa shape index (κ1) is 61.0. The minimum atomic E-state index is -0.845. The molecule has 0 aromatic rings. The fourth-order valence-electron chi connectivity index (χ4n) is 7.81. The van der Waals surface area contributed by atoms with Crippen molar-refractivity contribution in [2.24, 2.45) is 17.8 Å². The molecule has 0 aromatic carbocycles. The molecule has 2 atom stereocenters. The van der Waals surface area contributed by atoms with Gasteiger partial charge in [-0.3, -0.25) is 14.4 Å². The summed E-state index contributed by atoms with van der Waals surface area (Å²) in [5.41, 5.74) is 0. The highest BCUT2D eigenvalue weighted by atomic mass is 32.2. The Labute approximate surface area is 393 Å². The van der Waals surface area contributed by atoms with Crippen molar-refractivity contribution in [3.05, 3.63) is 12.7 Å². The Bertz CT molecular complexity index is 1100. The average Bonchev–Trinajstić information content (AvgIpc) is 3.23. The number of esters is 3. The van der Waals surface area contributed by atoms with E-state index in [0.717, 1.165) is 75.5 Å². The summed E-state index contributed by atoms with van der Waals surface area (Å²) in [6.07, 6.45) is 37.6. The Morgan fingerprint density at radius 2 is 0.841 bits per heavy atom. The van der Waals surface area contributed by atoms with Gasteiger partial charge in [0.1, 0.15) is 25.4 Å². The minimum absolute atomic E-state index is 0.0262. The molecule has 0 rings (SSSR count). The molecule has 0 aliphatic carbocycles. The second-order valence-corrected chi connectivity index (χ2v) is 20.8. The number of ether oxygens (including phenoxy) is 3. The Hall–Kier alpha value is -2.03. The molecule has 0 saturated carbocycles. The zero-order valence-corrected chi connectivity index (χ0v) is 42.9. The average molecular weight is 908 g/mol. The van der Waals surface area contributed by atoms with Gasteiger partial charge in [0.25, 0.3) is 0 Å². The number of hydrogen-bond donors (Lipinski definition) is 1. The van der Waals surface area contributed by atoms with Crippen molar-refractivity contribution in [2.45, 2.75) is 266 Å². The lowest BCUT2D eigenvalue weighted by Gasteiger charge is -2.20. The van der Waals surface area contributed by atoms with Crippen LogP contribution in [-0.2, 0) is 33.4 Å². The Balaban J connectivity index is 4.89. The third kappa shape index (κ3) is 44.9. The van der Waals surface area contributed by atoms with Gasteiger partial charge in [-0.1, -0.05) is 228 Å². The fourth-order valence-corrected chi connectivity index (χ4v) is 8.83. The molecule has 1 amide bonds. The van der Waals surface area contributed by atoms with Gasteiger partial charge in [-0.05, 0) is 37.0 Å². The van der Waals surface area contributed by atoms with E-state index in [0.29, 0.717) is 25.0 Å². The molecule has 0 saturated heterocycles. The van der Waals surface area contributed by atoms with Crippen molar-refractivity contribution >= 4 is 35.6 Å². The number of hydrogen-bond acceptors (Lipinski definition) is 8. The number of unbranched alkanes of at least 4 members (excludes halogenated alkanes) is 24. The maximum atomic E-state index is 13.0. The molecule has 370 valence electrons. The third-order valence-corrected chi connectivity index (χ3v) is 13.0. The monoisotopic (exact) mass is 908 g/mol. The number of carbonyl (C=O) groups excluding carboxylic acids is 4. The van der Waals surface area contributed by atoms with Crippen LogP contribution in [0.5, 0.6) is 0 Å². The molecule has 0 heterocycles. The molecule has 0 unspecified atom stereocenters. The highest BCUT2D eigenvalue weighted by molar-refractivity contribution is 7.99. The lowest BCUT2D eigenvalue weighted by atomic mass is 10.0. The number of rotatable bonds is 47. The summed E-state index contributed by atoms with van der Waals surface area (Å²) in [6.45, 7) is 17.4. The minimum Gasteiger partial charge on any atom is -0.462 e. The molecule has 0 bridgehead atoms. The van der Waals surface area contributed by atoms with Crippen LogP contribution < -0.4 is 5.32 Å². The normalized spacial score (nSPS) is 12.5. The van der Waals surface area contributed by atoms with Gasteiger partial charge in [0.15, 0.2) is 0 Å². The Morgan fingerprint density at radius 3 is 1.24 bits per heavy atom. The number of nitrogens with one attached hydrogen (secondary N) is 1. The number of amides is 1. The molecule has 0 aliphatic heterocycles. The van der Waals surface area contributed by atoms with Gasteiger partial charge in [-0.2, -0.15) is 11.8 Å². The number of carbonyl (C=O) groups is 4. The summed E-state index contributed by atoms with van der Waals surface area (Å²) >= 11 is 1.38. The van der Waals surface area contributed by atoms with Gasteiger partial charge >= 0.3 is 17.9 Å². The zero-order valence-electron chi connectivity index (χ0n) is 42.1. The molecule has 0 aliphatic rings. The summed E-state index contributed by atoms with van der Waals surface area (Å²) in [6, 6.07) is -0.845. The SMILES string of the molecule is C=CCOC(=O)[C@H](CSC[C@@H](COC(=O)CCCCCCCCCCCC(C)C)OC(=O)CCCCCCCCCCCC(C)C)NC(=O)CCCCCCCCCCCC(C)C. The van der Waals surface area contributed by atoms with Crippen LogP contribution in [0.15, 0.2) is 12.7 Å². The van der Waals surface area contributed by atoms with Gasteiger partial charge in [-0.25, -0.2) is 4.79 Å². The highest BCUT2D eigenvalue weighted by Gasteiger charge is 2.24. The first-order valence-electron chi connectivity index (χ1n) is 26.4. The summed E-state index contributed by atoms with van der Waals surface area (Å²) in [5.74, 6) is 1.69. The predicted octanol–water partition coefficient (Wildman–Crippen LogP) is 15.2. The van der Waals surface area contributed by atoms with Gasteiger partial charge < -0.3 is 19.5 Å². The maximum Gasteiger partial charge on any atom is 0.329 e. The van der Waals surface area contributed by atoms with Crippen LogP contribution in [0, 0.1) is 17.8 Å². The molecular formula is C54H101NO7S. The summed E-state index contributed by atoms with van der Waals surface area (Å²) in [4.78, 5) is 51.7. The first-order valence-corrected chi connectivity index (χ1v) is 27.6. The van der Waals surface area contributed by atoms with Crippen LogP contribution in [0.25, 0.3) is 0 Å². The van der Waals surface area contributed by atoms with E-state index in [1.54, 1.807) is 0 Å². The van der Waals surface area contributed by atoms with E-state index in [1.807, 2.05) is 0 Å². The van der Waals surface area contributed by atoms with Crippen molar-refractivity contribution < 1.29 is 33.4 Å². The maximum absolute atomic E-state index is 13.0. The largest absolute Gasteiger partial charge is 0.462 e. The van der Waals surface area contributed by atoms with Gasteiger partial charge in [-0.15, -0.1) is 0 Å². The van der Waals surface area contributed by atoms with E-state index < -0.39 is 18.1 Å².